The molecule has 0 saturated carbocycles. The molecule has 0 radical (unpaired) electrons. The first kappa shape index (κ1) is 15.9. The second kappa shape index (κ2) is 10.1. The third kappa shape index (κ3) is 9.83. The van der Waals surface area contributed by atoms with Crippen LogP contribution in [0.4, 0.5) is 0 Å². The molecule has 2 unspecified atom stereocenters. The molecule has 98 valence electrons. The van der Waals surface area contributed by atoms with Gasteiger partial charge in [0.15, 0.2) is 0 Å². The summed E-state index contributed by atoms with van der Waals surface area (Å²) < 4.78 is 0. The van der Waals surface area contributed by atoms with Gasteiger partial charge in [0.1, 0.15) is 0 Å². The van der Waals surface area contributed by atoms with Gasteiger partial charge in [0.2, 0.25) is 5.91 Å². The van der Waals surface area contributed by atoms with Crippen molar-refractivity contribution in [3.63, 3.8) is 0 Å². The zero-order valence-corrected chi connectivity index (χ0v) is 11.0. The van der Waals surface area contributed by atoms with Gasteiger partial charge in [-0.05, 0) is 32.6 Å². The van der Waals surface area contributed by atoms with Crippen molar-refractivity contribution in [1.29, 1.82) is 5.26 Å². The van der Waals surface area contributed by atoms with Crippen LogP contribution in [0.5, 0.6) is 0 Å². The Balaban J connectivity index is 3.51. The number of unbranched alkanes of at least 4 members (excludes halogenated alkanes) is 2. The summed E-state index contributed by atoms with van der Waals surface area (Å²) in [6.45, 7) is 4.61. The fraction of sp³-hybridized carbons (Fsp3) is 0.846. The number of hydrogen-bond donors (Lipinski definition) is 2. The molecule has 4 heteroatoms. The first-order valence-electron chi connectivity index (χ1n) is 6.48. The molecule has 0 aliphatic carbocycles. The van der Waals surface area contributed by atoms with Crippen LogP contribution in [0.1, 0.15) is 52.4 Å². The third-order valence-electron chi connectivity index (χ3n) is 2.76. The molecule has 0 aromatic rings. The number of carbonyl (C=O) groups excluding carboxylic acids is 1. The standard InChI is InChI=1S/C13H25N3O/c1-11(7-6-8-12(2)15)13(17)16-10-5-3-4-9-14/h11-12H,3-8,10,15H2,1-2H3,(H,16,17). The van der Waals surface area contributed by atoms with Gasteiger partial charge in [-0.2, -0.15) is 5.26 Å². The second-order valence-electron chi connectivity index (χ2n) is 4.72. The first-order valence-corrected chi connectivity index (χ1v) is 6.48. The Hall–Kier alpha value is -1.08. The number of hydrogen-bond acceptors (Lipinski definition) is 3. The highest BCUT2D eigenvalue weighted by Crippen LogP contribution is 2.09. The van der Waals surface area contributed by atoms with Gasteiger partial charge in [-0.15, -0.1) is 0 Å². The van der Waals surface area contributed by atoms with Crippen LogP contribution in [-0.4, -0.2) is 18.5 Å². The van der Waals surface area contributed by atoms with Crippen LogP contribution in [0.25, 0.3) is 0 Å². The maximum absolute atomic E-state index is 11.6. The maximum Gasteiger partial charge on any atom is 0.222 e. The Morgan fingerprint density at radius 1 is 1.29 bits per heavy atom. The van der Waals surface area contributed by atoms with Gasteiger partial charge in [-0.1, -0.05) is 13.3 Å². The number of amides is 1. The van der Waals surface area contributed by atoms with Crippen molar-refractivity contribution in [1.82, 2.24) is 5.32 Å². The monoisotopic (exact) mass is 239 g/mol. The number of rotatable bonds is 9. The fourth-order valence-electron chi connectivity index (χ4n) is 1.59. The molecule has 0 aromatic carbocycles. The normalized spacial score (nSPS) is 13.8. The lowest BCUT2D eigenvalue weighted by Crippen LogP contribution is -2.30. The van der Waals surface area contributed by atoms with E-state index in [1.807, 2.05) is 13.8 Å². The molecular formula is C13H25N3O. The molecule has 3 N–H and O–H groups in total. The molecule has 0 bridgehead atoms. The summed E-state index contributed by atoms with van der Waals surface area (Å²) in [6, 6.07) is 2.31. The summed E-state index contributed by atoms with van der Waals surface area (Å²) in [4.78, 5) is 11.6. The van der Waals surface area contributed by atoms with E-state index in [1.54, 1.807) is 0 Å². The summed E-state index contributed by atoms with van der Waals surface area (Å²) in [6.07, 6.45) is 5.17. The Bertz CT molecular complexity index is 246. The average molecular weight is 239 g/mol. The number of nitrogens with one attached hydrogen (secondary N) is 1. The molecule has 0 fully saturated rings. The van der Waals surface area contributed by atoms with Crippen LogP contribution >= 0.6 is 0 Å². The lowest BCUT2D eigenvalue weighted by atomic mass is 10.0. The molecule has 4 nitrogen and oxygen atoms in total. The molecule has 0 saturated heterocycles. The fourth-order valence-corrected chi connectivity index (χ4v) is 1.59. The molecule has 0 aliphatic heterocycles. The van der Waals surface area contributed by atoms with Gasteiger partial charge >= 0.3 is 0 Å². The predicted molar refractivity (Wildman–Crippen MR) is 69.1 cm³/mol. The summed E-state index contributed by atoms with van der Waals surface area (Å²) >= 11 is 0. The Morgan fingerprint density at radius 3 is 2.59 bits per heavy atom. The van der Waals surface area contributed by atoms with Gasteiger partial charge in [0, 0.05) is 24.9 Å². The van der Waals surface area contributed by atoms with E-state index < -0.39 is 0 Å². The van der Waals surface area contributed by atoms with E-state index in [1.165, 1.54) is 0 Å². The van der Waals surface area contributed by atoms with Crippen LogP contribution in [0.15, 0.2) is 0 Å². The van der Waals surface area contributed by atoms with E-state index in [-0.39, 0.29) is 17.9 Å². The van der Waals surface area contributed by atoms with Gasteiger partial charge in [-0.25, -0.2) is 0 Å². The summed E-state index contributed by atoms with van der Waals surface area (Å²) in [5, 5.41) is 11.3. The Morgan fingerprint density at radius 2 is 2.00 bits per heavy atom. The minimum Gasteiger partial charge on any atom is -0.356 e. The van der Waals surface area contributed by atoms with Crippen LogP contribution in [-0.2, 0) is 4.79 Å². The van der Waals surface area contributed by atoms with Crippen LogP contribution in [0, 0.1) is 17.2 Å². The topological polar surface area (TPSA) is 78.9 Å². The SMILES string of the molecule is CC(N)CCCC(C)C(=O)NCCCCC#N. The van der Waals surface area contributed by atoms with Crippen molar-refractivity contribution in [3.8, 4) is 6.07 Å². The van der Waals surface area contributed by atoms with Crippen molar-refractivity contribution in [2.45, 2.75) is 58.4 Å². The smallest absolute Gasteiger partial charge is 0.222 e. The predicted octanol–water partition coefficient (Wildman–Crippen LogP) is 1.95. The van der Waals surface area contributed by atoms with E-state index in [9.17, 15) is 4.79 Å². The van der Waals surface area contributed by atoms with Gasteiger partial charge in [-0.3, -0.25) is 4.79 Å². The molecule has 1 amide bonds. The lowest BCUT2D eigenvalue weighted by molar-refractivity contribution is -0.124. The largest absolute Gasteiger partial charge is 0.356 e. The molecule has 0 spiro atoms. The molecule has 0 heterocycles. The summed E-state index contributed by atoms with van der Waals surface area (Å²) in [5.41, 5.74) is 5.65. The maximum atomic E-state index is 11.6. The van der Waals surface area contributed by atoms with Crippen molar-refractivity contribution >= 4 is 5.91 Å². The molecule has 0 aromatic heterocycles. The zero-order chi connectivity index (χ0) is 13.1. The van der Waals surface area contributed by atoms with Crippen molar-refractivity contribution in [3.05, 3.63) is 0 Å². The van der Waals surface area contributed by atoms with E-state index in [4.69, 9.17) is 11.0 Å². The van der Waals surface area contributed by atoms with Crippen molar-refractivity contribution in [2.75, 3.05) is 6.54 Å². The first-order chi connectivity index (χ1) is 8.07. The minimum atomic E-state index is 0.0599. The Labute approximate surface area is 105 Å². The second-order valence-corrected chi connectivity index (χ2v) is 4.72. The van der Waals surface area contributed by atoms with Gasteiger partial charge in [0.05, 0.1) is 6.07 Å². The van der Waals surface area contributed by atoms with Gasteiger partial charge in [0.25, 0.3) is 0 Å². The van der Waals surface area contributed by atoms with E-state index in [0.717, 1.165) is 32.1 Å². The molecule has 2 atom stereocenters. The number of carbonyl (C=O) groups is 1. The highest BCUT2D eigenvalue weighted by molar-refractivity contribution is 5.78. The Kier molecular flexibility index (Phi) is 9.46. The van der Waals surface area contributed by atoms with Crippen molar-refractivity contribution in [2.24, 2.45) is 11.7 Å². The van der Waals surface area contributed by atoms with Crippen LogP contribution < -0.4 is 11.1 Å². The van der Waals surface area contributed by atoms with Crippen LogP contribution in [0.3, 0.4) is 0 Å². The highest BCUT2D eigenvalue weighted by atomic mass is 16.1. The van der Waals surface area contributed by atoms with Crippen molar-refractivity contribution < 1.29 is 4.79 Å². The molecule has 0 rings (SSSR count). The highest BCUT2D eigenvalue weighted by Gasteiger charge is 2.11. The van der Waals surface area contributed by atoms with E-state index in [2.05, 4.69) is 11.4 Å². The van der Waals surface area contributed by atoms with Gasteiger partial charge < -0.3 is 11.1 Å². The number of nitrogens with zero attached hydrogens (tertiary/aromatic N) is 1. The number of nitrogens with two attached hydrogens (primary N) is 1. The lowest BCUT2D eigenvalue weighted by Gasteiger charge is -2.12. The third-order valence-corrected chi connectivity index (χ3v) is 2.76. The van der Waals surface area contributed by atoms with Crippen LogP contribution in [0.2, 0.25) is 0 Å². The molecule has 0 aliphatic rings. The van der Waals surface area contributed by atoms with E-state index >= 15 is 0 Å². The van der Waals surface area contributed by atoms with E-state index in [0.29, 0.717) is 13.0 Å². The summed E-state index contributed by atoms with van der Waals surface area (Å²) in [7, 11) is 0. The molecular weight excluding hydrogens is 214 g/mol. The summed E-state index contributed by atoms with van der Waals surface area (Å²) in [5.74, 6) is 0.177. The average Bonchev–Trinajstić information content (AvgIpc) is 2.27. The number of nitriles is 1. The zero-order valence-electron chi connectivity index (χ0n) is 11.0. The molecule has 17 heavy (non-hydrogen) atoms. The minimum absolute atomic E-state index is 0.0599. The quantitative estimate of drug-likeness (QED) is 0.604.